The monoisotopic (exact) mass is 417 g/mol. The number of hydrogen-bond acceptors (Lipinski definition) is 5. The Kier molecular flexibility index (Phi) is 5.61. The predicted octanol–water partition coefficient (Wildman–Crippen LogP) is 2.62. The molecule has 2 heterocycles. The zero-order chi connectivity index (χ0) is 21.8. The first kappa shape index (κ1) is 20.1. The van der Waals surface area contributed by atoms with Gasteiger partial charge in [-0.3, -0.25) is 9.59 Å². The molecule has 0 saturated carbocycles. The molecule has 3 N–H and O–H groups in total. The summed E-state index contributed by atoms with van der Waals surface area (Å²) in [7, 11) is 0. The SMILES string of the molecule is O=C(O)c1cccc(-c2ccc(/C=N/NC(=O)[C@H]3C(=O)NC[C@@H]3c3ccccc3)o2)c1. The molecule has 1 aliphatic rings. The van der Waals surface area contributed by atoms with Crippen molar-refractivity contribution < 1.29 is 23.9 Å². The number of hydrazone groups is 1. The maximum atomic E-state index is 12.6. The molecule has 8 heteroatoms. The fourth-order valence-electron chi connectivity index (χ4n) is 3.55. The summed E-state index contributed by atoms with van der Waals surface area (Å²) in [5.41, 5.74) is 4.08. The maximum absolute atomic E-state index is 12.6. The lowest BCUT2D eigenvalue weighted by Crippen LogP contribution is -2.34. The molecule has 3 aromatic rings. The van der Waals surface area contributed by atoms with Crippen LogP contribution in [0.2, 0.25) is 0 Å². The van der Waals surface area contributed by atoms with Gasteiger partial charge < -0.3 is 14.8 Å². The Morgan fingerprint density at radius 1 is 1.10 bits per heavy atom. The largest absolute Gasteiger partial charge is 0.478 e. The first-order chi connectivity index (χ1) is 15.0. The highest BCUT2D eigenvalue weighted by Gasteiger charge is 2.40. The van der Waals surface area contributed by atoms with Crippen molar-refractivity contribution in [2.75, 3.05) is 6.54 Å². The van der Waals surface area contributed by atoms with E-state index in [1.54, 1.807) is 24.3 Å². The standard InChI is InChI=1S/C23H19N3O5/c27-21-20(18(13-24-21)14-5-2-1-3-6-14)22(28)26-25-12-17-9-10-19(31-17)15-7-4-8-16(11-15)23(29)30/h1-12,18,20H,13H2,(H,24,27)(H,26,28)(H,29,30)/b25-12+/t18-,20-/m1/s1. The molecule has 0 unspecified atom stereocenters. The average molecular weight is 417 g/mol. The summed E-state index contributed by atoms with van der Waals surface area (Å²) >= 11 is 0. The van der Waals surface area contributed by atoms with Crippen molar-refractivity contribution in [3.63, 3.8) is 0 Å². The molecular formula is C23H19N3O5. The summed E-state index contributed by atoms with van der Waals surface area (Å²) in [4.78, 5) is 35.9. The Morgan fingerprint density at radius 3 is 2.68 bits per heavy atom. The lowest BCUT2D eigenvalue weighted by Gasteiger charge is -2.15. The molecule has 0 radical (unpaired) electrons. The summed E-state index contributed by atoms with van der Waals surface area (Å²) in [6, 6.07) is 19.1. The smallest absolute Gasteiger partial charge is 0.335 e. The zero-order valence-corrected chi connectivity index (χ0v) is 16.3. The first-order valence-electron chi connectivity index (χ1n) is 9.62. The van der Waals surface area contributed by atoms with Crippen molar-refractivity contribution >= 4 is 24.0 Å². The number of benzene rings is 2. The van der Waals surface area contributed by atoms with E-state index < -0.39 is 17.8 Å². The number of furan rings is 1. The van der Waals surface area contributed by atoms with Gasteiger partial charge in [-0.15, -0.1) is 0 Å². The van der Waals surface area contributed by atoms with E-state index in [9.17, 15) is 14.4 Å². The van der Waals surface area contributed by atoms with Gasteiger partial charge in [0, 0.05) is 18.0 Å². The van der Waals surface area contributed by atoms with Crippen LogP contribution in [0.1, 0.15) is 27.6 Å². The van der Waals surface area contributed by atoms with Gasteiger partial charge in [0.1, 0.15) is 17.4 Å². The second kappa shape index (κ2) is 8.66. The Labute approximate surface area is 177 Å². The predicted molar refractivity (Wildman–Crippen MR) is 113 cm³/mol. The summed E-state index contributed by atoms with van der Waals surface area (Å²) in [5, 5.41) is 15.7. The molecule has 156 valence electrons. The van der Waals surface area contributed by atoms with E-state index >= 15 is 0 Å². The van der Waals surface area contributed by atoms with Crippen LogP contribution >= 0.6 is 0 Å². The minimum absolute atomic E-state index is 0.152. The molecule has 1 fully saturated rings. The summed E-state index contributed by atoms with van der Waals surface area (Å²) in [5.74, 6) is -2.16. The number of aromatic carboxylic acids is 1. The van der Waals surface area contributed by atoms with E-state index in [4.69, 9.17) is 9.52 Å². The third-order valence-corrected chi connectivity index (χ3v) is 5.08. The first-order valence-corrected chi connectivity index (χ1v) is 9.62. The molecule has 1 saturated heterocycles. The maximum Gasteiger partial charge on any atom is 0.335 e. The number of carboxylic acids is 1. The van der Waals surface area contributed by atoms with E-state index in [1.807, 2.05) is 30.3 Å². The summed E-state index contributed by atoms with van der Waals surface area (Å²) in [6.07, 6.45) is 1.33. The Bertz CT molecular complexity index is 1150. The van der Waals surface area contributed by atoms with Gasteiger partial charge in [-0.25, -0.2) is 10.2 Å². The number of amides is 2. The van der Waals surface area contributed by atoms with Crippen molar-refractivity contribution in [3.05, 3.63) is 83.6 Å². The average Bonchev–Trinajstić information content (AvgIpc) is 3.41. The lowest BCUT2D eigenvalue weighted by molar-refractivity contribution is -0.133. The number of nitrogens with zero attached hydrogens (tertiary/aromatic N) is 1. The van der Waals surface area contributed by atoms with Crippen molar-refractivity contribution in [1.82, 2.24) is 10.7 Å². The van der Waals surface area contributed by atoms with E-state index in [0.29, 0.717) is 23.6 Å². The molecule has 1 aromatic heterocycles. The van der Waals surface area contributed by atoms with Crippen molar-refractivity contribution in [3.8, 4) is 11.3 Å². The van der Waals surface area contributed by atoms with Crippen LogP contribution in [0.25, 0.3) is 11.3 Å². The molecule has 0 bridgehead atoms. The van der Waals surface area contributed by atoms with Gasteiger partial charge in [0.25, 0.3) is 5.91 Å². The van der Waals surface area contributed by atoms with Crippen LogP contribution in [-0.2, 0) is 9.59 Å². The normalized spacial score (nSPS) is 18.1. The van der Waals surface area contributed by atoms with Gasteiger partial charge >= 0.3 is 5.97 Å². The Hall–Kier alpha value is -4.20. The molecule has 0 aliphatic carbocycles. The molecule has 31 heavy (non-hydrogen) atoms. The second-order valence-electron chi connectivity index (χ2n) is 7.06. The molecule has 1 aliphatic heterocycles. The quantitative estimate of drug-likeness (QED) is 0.323. The van der Waals surface area contributed by atoms with Gasteiger partial charge in [-0.2, -0.15) is 5.10 Å². The van der Waals surface area contributed by atoms with Crippen molar-refractivity contribution in [1.29, 1.82) is 0 Å². The fourth-order valence-corrected chi connectivity index (χ4v) is 3.55. The fraction of sp³-hybridized carbons (Fsp3) is 0.130. The number of carboxylic acid groups (broad SMARTS) is 1. The van der Waals surface area contributed by atoms with Gasteiger partial charge in [0.05, 0.1) is 11.8 Å². The van der Waals surface area contributed by atoms with Crippen molar-refractivity contribution in [2.24, 2.45) is 11.0 Å². The van der Waals surface area contributed by atoms with E-state index in [0.717, 1.165) is 5.56 Å². The minimum Gasteiger partial charge on any atom is -0.478 e. The molecule has 2 aromatic carbocycles. The Balaban J connectivity index is 1.43. The number of carbonyl (C=O) groups is 3. The zero-order valence-electron chi connectivity index (χ0n) is 16.3. The topological polar surface area (TPSA) is 121 Å². The van der Waals surface area contributed by atoms with Gasteiger partial charge in [0.15, 0.2) is 0 Å². The molecular weight excluding hydrogens is 398 g/mol. The van der Waals surface area contributed by atoms with E-state index in [-0.39, 0.29) is 17.4 Å². The molecule has 2 amide bonds. The number of nitrogens with one attached hydrogen (secondary N) is 2. The third-order valence-electron chi connectivity index (χ3n) is 5.08. The molecule has 0 spiro atoms. The molecule has 8 nitrogen and oxygen atoms in total. The van der Waals surface area contributed by atoms with Crippen molar-refractivity contribution in [2.45, 2.75) is 5.92 Å². The number of hydrogen-bond donors (Lipinski definition) is 3. The summed E-state index contributed by atoms with van der Waals surface area (Å²) in [6.45, 7) is 0.390. The van der Waals surface area contributed by atoms with Crippen LogP contribution < -0.4 is 10.7 Å². The number of rotatable bonds is 6. The van der Waals surface area contributed by atoms with Crippen LogP contribution in [0.5, 0.6) is 0 Å². The van der Waals surface area contributed by atoms with Gasteiger partial charge in [-0.05, 0) is 29.8 Å². The molecule has 4 rings (SSSR count). The van der Waals surface area contributed by atoms with Crippen LogP contribution in [-0.4, -0.2) is 35.6 Å². The highest BCUT2D eigenvalue weighted by atomic mass is 16.4. The van der Waals surface area contributed by atoms with Crippen LogP contribution in [0.4, 0.5) is 0 Å². The van der Waals surface area contributed by atoms with E-state index in [1.165, 1.54) is 18.3 Å². The van der Waals surface area contributed by atoms with E-state index in [2.05, 4.69) is 15.8 Å². The second-order valence-corrected chi connectivity index (χ2v) is 7.06. The third kappa shape index (κ3) is 4.37. The van der Waals surface area contributed by atoms with Crippen LogP contribution in [0, 0.1) is 5.92 Å². The van der Waals surface area contributed by atoms with Crippen LogP contribution in [0.15, 0.2) is 76.2 Å². The number of carbonyl (C=O) groups excluding carboxylic acids is 2. The lowest BCUT2D eigenvalue weighted by atomic mass is 9.88. The van der Waals surface area contributed by atoms with Crippen LogP contribution in [0.3, 0.4) is 0 Å². The summed E-state index contributed by atoms with van der Waals surface area (Å²) < 4.78 is 5.65. The molecule has 2 atom stereocenters. The minimum atomic E-state index is -1.03. The van der Waals surface area contributed by atoms with Gasteiger partial charge in [-0.1, -0.05) is 42.5 Å². The van der Waals surface area contributed by atoms with Gasteiger partial charge in [0.2, 0.25) is 5.91 Å². The highest BCUT2D eigenvalue weighted by Crippen LogP contribution is 2.29. The Morgan fingerprint density at radius 2 is 1.90 bits per heavy atom. The highest BCUT2D eigenvalue weighted by molar-refractivity contribution is 6.03.